The van der Waals surface area contributed by atoms with E-state index in [-0.39, 0.29) is 10.7 Å². The van der Waals surface area contributed by atoms with Gasteiger partial charge in [0.15, 0.2) is 5.11 Å². The van der Waals surface area contributed by atoms with Crippen LogP contribution in [0, 0.1) is 0 Å². The number of nitrogens with zero attached hydrogens (tertiary/aromatic N) is 2. The van der Waals surface area contributed by atoms with E-state index in [9.17, 15) is 0 Å². The van der Waals surface area contributed by atoms with E-state index in [1.165, 1.54) is 12.4 Å². The summed E-state index contributed by atoms with van der Waals surface area (Å²) in [5, 5.41) is 2.64. The Morgan fingerprint density at radius 3 is 2.18 bits per heavy atom. The molecule has 4 nitrogen and oxygen atoms in total. The minimum atomic E-state index is -0.304. The number of thiocarbonyl (C=S) groups is 1. The van der Waals surface area contributed by atoms with Crippen molar-refractivity contribution in [3.05, 3.63) is 22.4 Å². The fourth-order valence-corrected chi connectivity index (χ4v) is 1.95. The van der Waals surface area contributed by atoms with Crippen molar-refractivity contribution in [2.24, 2.45) is 5.73 Å². The number of halogens is 2. The van der Waals surface area contributed by atoms with Crippen molar-refractivity contribution >= 4 is 46.2 Å². The van der Waals surface area contributed by atoms with Crippen molar-refractivity contribution < 1.29 is 0 Å². The number of hydrazine groups is 1. The van der Waals surface area contributed by atoms with Gasteiger partial charge < -0.3 is 5.73 Å². The van der Waals surface area contributed by atoms with Gasteiger partial charge in [-0.05, 0) is 33.0 Å². The molecular formula is C10H14Cl2N4S. The first-order chi connectivity index (χ1) is 7.73. The monoisotopic (exact) mass is 292 g/mol. The van der Waals surface area contributed by atoms with Gasteiger partial charge in [-0.3, -0.25) is 15.4 Å². The Morgan fingerprint density at radius 2 is 1.82 bits per heavy atom. The van der Waals surface area contributed by atoms with Crippen LogP contribution in [0.4, 0.5) is 5.69 Å². The topological polar surface area (TPSA) is 54.2 Å². The maximum absolute atomic E-state index is 6.01. The molecule has 0 atom stereocenters. The van der Waals surface area contributed by atoms with Crippen molar-refractivity contribution in [2.75, 3.05) is 5.43 Å². The van der Waals surface area contributed by atoms with Crippen molar-refractivity contribution in [3.63, 3.8) is 0 Å². The first-order valence-corrected chi connectivity index (χ1v) is 6.05. The smallest absolute Gasteiger partial charge is 0.185 e. The predicted octanol–water partition coefficient (Wildman–Crippen LogP) is 3.06. The van der Waals surface area contributed by atoms with Gasteiger partial charge >= 0.3 is 0 Å². The predicted molar refractivity (Wildman–Crippen MR) is 76.3 cm³/mol. The molecule has 0 aliphatic rings. The molecule has 0 aliphatic carbocycles. The summed E-state index contributed by atoms with van der Waals surface area (Å²) in [7, 11) is 0. The lowest BCUT2D eigenvalue weighted by Crippen LogP contribution is -2.51. The standard InChI is InChI=1S/C10H14Cl2N4S/c1-10(2,3)16(9(13)17)15-8-6(11)4-14-5-7(8)12/h4-5H,1-3H3,(H2,13,17)(H,14,15). The fourth-order valence-electron chi connectivity index (χ4n) is 1.18. The van der Waals surface area contributed by atoms with Crippen LogP contribution < -0.4 is 11.2 Å². The molecule has 1 aromatic rings. The molecule has 1 heterocycles. The van der Waals surface area contributed by atoms with E-state index in [2.05, 4.69) is 10.4 Å². The van der Waals surface area contributed by atoms with Gasteiger partial charge in [0.05, 0.1) is 21.3 Å². The molecule has 0 aromatic carbocycles. The second kappa shape index (κ2) is 5.25. The van der Waals surface area contributed by atoms with Gasteiger partial charge in [-0.25, -0.2) is 0 Å². The van der Waals surface area contributed by atoms with Crippen molar-refractivity contribution in [1.82, 2.24) is 9.99 Å². The lowest BCUT2D eigenvalue weighted by atomic mass is 10.1. The Bertz CT molecular complexity index is 411. The zero-order valence-electron chi connectivity index (χ0n) is 9.79. The molecule has 3 N–H and O–H groups in total. The molecule has 0 amide bonds. The third kappa shape index (κ3) is 3.59. The van der Waals surface area contributed by atoms with Crippen molar-refractivity contribution in [3.8, 4) is 0 Å². The van der Waals surface area contributed by atoms with Crippen LogP contribution in [0.25, 0.3) is 0 Å². The molecule has 17 heavy (non-hydrogen) atoms. The number of anilines is 1. The summed E-state index contributed by atoms with van der Waals surface area (Å²) in [6.07, 6.45) is 2.99. The third-order valence-corrected chi connectivity index (χ3v) is 2.72. The number of hydrogen-bond acceptors (Lipinski definition) is 3. The highest BCUT2D eigenvalue weighted by molar-refractivity contribution is 7.80. The Balaban J connectivity index is 3.07. The second-order valence-corrected chi connectivity index (χ2v) is 5.67. The Morgan fingerprint density at radius 1 is 1.35 bits per heavy atom. The van der Waals surface area contributed by atoms with E-state index in [1.54, 1.807) is 5.01 Å². The van der Waals surface area contributed by atoms with Crippen LogP contribution >= 0.6 is 35.4 Å². The quantitative estimate of drug-likeness (QED) is 0.648. The third-order valence-electron chi connectivity index (χ3n) is 1.97. The summed E-state index contributed by atoms with van der Waals surface area (Å²) in [5.41, 5.74) is 8.91. The largest absolute Gasteiger partial charge is 0.375 e. The summed E-state index contributed by atoms with van der Waals surface area (Å²) >= 11 is 17.0. The highest BCUT2D eigenvalue weighted by Crippen LogP contribution is 2.30. The molecular weight excluding hydrogens is 279 g/mol. The van der Waals surface area contributed by atoms with Crippen molar-refractivity contribution in [2.45, 2.75) is 26.3 Å². The van der Waals surface area contributed by atoms with Crippen LogP contribution in [-0.4, -0.2) is 20.6 Å². The van der Waals surface area contributed by atoms with Crippen molar-refractivity contribution in [1.29, 1.82) is 0 Å². The Labute approximate surface area is 116 Å². The number of aromatic nitrogens is 1. The summed E-state index contributed by atoms with van der Waals surface area (Å²) in [6.45, 7) is 5.88. The molecule has 0 radical (unpaired) electrons. The lowest BCUT2D eigenvalue weighted by molar-refractivity contribution is 0.280. The molecule has 0 saturated carbocycles. The maximum Gasteiger partial charge on any atom is 0.185 e. The van der Waals surface area contributed by atoms with Gasteiger partial charge in [0, 0.05) is 12.4 Å². The average molecular weight is 293 g/mol. The normalized spacial score (nSPS) is 11.1. The van der Waals surface area contributed by atoms with Crippen LogP contribution in [0.1, 0.15) is 20.8 Å². The zero-order chi connectivity index (χ0) is 13.2. The molecule has 1 aromatic heterocycles. The minimum absolute atomic E-state index is 0.210. The van der Waals surface area contributed by atoms with Gasteiger partial charge in [-0.15, -0.1) is 0 Å². The van der Waals surface area contributed by atoms with Gasteiger partial charge in [-0.2, -0.15) is 0 Å². The lowest BCUT2D eigenvalue weighted by Gasteiger charge is -2.37. The van der Waals surface area contributed by atoms with Crippen LogP contribution in [0.2, 0.25) is 10.0 Å². The second-order valence-electron chi connectivity index (χ2n) is 4.43. The van der Waals surface area contributed by atoms with Crippen LogP contribution in [0.3, 0.4) is 0 Å². The molecule has 0 fully saturated rings. The number of nitrogens with two attached hydrogens (primary N) is 1. The maximum atomic E-state index is 6.01. The first kappa shape index (κ1) is 14.3. The molecule has 0 saturated heterocycles. The van der Waals surface area contributed by atoms with E-state index in [0.717, 1.165) is 0 Å². The van der Waals surface area contributed by atoms with E-state index >= 15 is 0 Å². The van der Waals surface area contributed by atoms with E-state index in [1.807, 2.05) is 20.8 Å². The molecule has 0 spiro atoms. The minimum Gasteiger partial charge on any atom is -0.375 e. The number of hydrogen-bond donors (Lipinski definition) is 2. The number of nitrogens with one attached hydrogen (secondary N) is 1. The summed E-state index contributed by atoms with van der Waals surface area (Å²) < 4.78 is 0. The van der Waals surface area contributed by atoms with Crippen LogP contribution in [0.5, 0.6) is 0 Å². The average Bonchev–Trinajstić information content (AvgIpc) is 2.14. The number of pyridine rings is 1. The number of rotatable bonds is 2. The van der Waals surface area contributed by atoms with Crippen LogP contribution in [0.15, 0.2) is 12.4 Å². The Kier molecular flexibility index (Phi) is 4.41. The molecule has 0 bridgehead atoms. The molecule has 0 unspecified atom stereocenters. The molecule has 1 rings (SSSR count). The SMILES string of the molecule is CC(C)(C)N(Nc1c(Cl)cncc1Cl)C(N)=S. The van der Waals surface area contributed by atoms with Gasteiger partial charge in [0.2, 0.25) is 0 Å². The van der Waals surface area contributed by atoms with E-state index < -0.39 is 0 Å². The highest BCUT2D eigenvalue weighted by atomic mass is 35.5. The van der Waals surface area contributed by atoms with E-state index in [4.69, 9.17) is 41.2 Å². The highest BCUT2D eigenvalue weighted by Gasteiger charge is 2.24. The molecule has 7 heteroatoms. The molecule has 0 aliphatic heterocycles. The summed E-state index contributed by atoms with van der Waals surface area (Å²) in [6, 6.07) is 0. The first-order valence-electron chi connectivity index (χ1n) is 4.89. The van der Waals surface area contributed by atoms with Gasteiger partial charge in [-0.1, -0.05) is 23.2 Å². The van der Waals surface area contributed by atoms with E-state index in [0.29, 0.717) is 15.7 Å². The summed E-state index contributed by atoms with van der Waals surface area (Å²) in [4.78, 5) is 3.87. The van der Waals surface area contributed by atoms with Gasteiger partial charge in [0.25, 0.3) is 0 Å². The zero-order valence-corrected chi connectivity index (χ0v) is 12.1. The summed E-state index contributed by atoms with van der Waals surface area (Å²) in [5.74, 6) is 0. The van der Waals surface area contributed by atoms with Crippen LogP contribution in [-0.2, 0) is 0 Å². The van der Waals surface area contributed by atoms with Gasteiger partial charge in [0.1, 0.15) is 0 Å². The Hall–Kier alpha value is -0.780. The molecule has 94 valence electrons. The fraction of sp³-hybridized carbons (Fsp3) is 0.400.